The van der Waals surface area contributed by atoms with Crippen molar-refractivity contribution in [2.75, 3.05) is 18.8 Å². The molecule has 0 radical (unpaired) electrons. The van der Waals surface area contributed by atoms with Gasteiger partial charge in [0.15, 0.2) is 0 Å². The molecular weight excluding hydrogens is 226 g/mol. The van der Waals surface area contributed by atoms with E-state index in [9.17, 15) is 4.79 Å². The minimum atomic E-state index is 0.263. The number of anilines is 1. The van der Waals surface area contributed by atoms with Crippen LogP contribution >= 0.6 is 0 Å². The first kappa shape index (κ1) is 11.7. The molecule has 1 aromatic rings. The summed E-state index contributed by atoms with van der Waals surface area (Å²) in [7, 11) is 0. The van der Waals surface area contributed by atoms with E-state index in [1.54, 1.807) is 6.20 Å². The number of hydrogen-bond donors (Lipinski definition) is 2. The quantitative estimate of drug-likeness (QED) is 0.838. The van der Waals surface area contributed by atoms with E-state index in [1.807, 2.05) is 12.1 Å². The van der Waals surface area contributed by atoms with Gasteiger partial charge >= 0.3 is 0 Å². The van der Waals surface area contributed by atoms with Crippen LogP contribution in [0.5, 0.6) is 0 Å². The van der Waals surface area contributed by atoms with Crippen LogP contribution in [0.4, 0.5) is 5.82 Å². The number of nitrogens with zero attached hydrogens (tertiary/aromatic N) is 1. The van der Waals surface area contributed by atoms with E-state index in [1.165, 1.54) is 0 Å². The summed E-state index contributed by atoms with van der Waals surface area (Å²) in [6.45, 7) is 2.11. The first-order valence-electron chi connectivity index (χ1n) is 6.64. The number of Topliss-reactive ketones (excluding diaryl/α,β-unsaturated/α-hetero) is 1. The van der Waals surface area contributed by atoms with E-state index >= 15 is 0 Å². The summed E-state index contributed by atoms with van der Waals surface area (Å²) in [6.07, 6.45) is 5.47. The summed E-state index contributed by atoms with van der Waals surface area (Å²) in [4.78, 5) is 16.3. The number of nitrogens with one attached hydrogen (secondary N) is 1. The molecule has 1 aliphatic heterocycles. The lowest BCUT2D eigenvalue weighted by Gasteiger charge is -2.23. The Balaban J connectivity index is 1.65. The van der Waals surface area contributed by atoms with Crippen LogP contribution < -0.4 is 11.1 Å². The maximum absolute atomic E-state index is 12.3. The number of rotatable bonds is 3. The van der Waals surface area contributed by atoms with E-state index in [-0.39, 0.29) is 5.92 Å². The molecule has 1 saturated heterocycles. The highest BCUT2D eigenvalue weighted by Crippen LogP contribution is 2.59. The van der Waals surface area contributed by atoms with Gasteiger partial charge in [0.1, 0.15) is 11.6 Å². The number of ketones is 1. The normalized spacial score (nSPS) is 25.0. The predicted molar refractivity (Wildman–Crippen MR) is 70.0 cm³/mol. The summed E-state index contributed by atoms with van der Waals surface area (Å²) in [5.41, 5.74) is 6.98. The van der Waals surface area contributed by atoms with Crippen molar-refractivity contribution in [1.29, 1.82) is 0 Å². The van der Waals surface area contributed by atoms with Gasteiger partial charge in [-0.1, -0.05) is 6.07 Å². The second kappa shape index (κ2) is 4.35. The van der Waals surface area contributed by atoms with Gasteiger partial charge in [-0.05, 0) is 43.8 Å². The summed E-state index contributed by atoms with van der Waals surface area (Å²) in [5, 5.41) is 3.36. The molecule has 4 heteroatoms. The Morgan fingerprint density at radius 3 is 3.00 bits per heavy atom. The molecule has 2 fully saturated rings. The Morgan fingerprint density at radius 1 is 1.50 bits per heavy atom. The van der Waals surface area contributed by atoms with Gasteiger partial charge in [0.05, 0.1) is 0 Å². The summed E-state index contributed by atoms with van der Waals surface area (Å²) in [6, 6.07) is 3.74. The minimum absolute atomic E-state index is 0.263. The molecule has 1 aliphatic carbocycles. The molecule has 1 unspecified atom stereocenters. The molecule has 2 heterocycles. The van der Waals surface area contributed by atoms with Crippen LogP contribution in [0.3, 0.4) is 0 Å². The molecule has 2 aliphatic rings. The Kier molecular flexibility index (Phi) is 2.82. The van der Waals surface area contributed by atoms with Gasteiger partial charge < -0.3 is 11.1 Å². The van der Waals surface area contributed by atoms with E-state index < -0.39 is 0 Å². The minimum Gasteiger partial charge on any atom is -0.383 e. The maximum Gasteiger partial charge on any atom is 0.141 e. The van der Waals surface area contributed by atoms with Crippen LogP contribution in [-0.2, 0) is 11.2 Å². The van der Waals surface area contributed by atoms with E-state index in [4.69, 9.17) is 5.73 Å². The Hall–Kier alpha value is -1.42. The fourth-order valence-electron chi connectivity index (χ4n) is 3.19. The number of carbonyl (C=O) groups is 1. The Bertz CT molecular complexity index is 466. The highest BCUT2D eigenvalue weighted by atomic mass is 16.1. The Morgan fingerprint density at radius 2 is 2.28 bits per heavy atom. The van der Waals surface area contributed by atoms with Crippen LogP contribution in [0.15, 0.2) is 18.3 Å². The number of piperidine rings is 1. The van der Waals surface area contributed by atoms with Gasteiger partial charge in [0.2, 0.25) is 0 Å². The topological polar surface area (TPSA) is 68.0 Å². The van der Waals surface area contributed by atoms with Gasteiger partial charge in [-0.2, -0.15) is 0 Å². The number of hydrogen-bond acceptors (Lipinski definition) is 4. The molecule has 18 heavy (non-hydrogen) atoms. The molecule has 4 nitrogen and oxygen atoms in total. The van der Waals surface area contributed by atoms with Crippen LogP contribution in [0.1, 0.15) is 24.8 Å². The van der Waals surface area contributed by atoms with Crippen molar-refractivity contribution in [1.82, 2.24) is 10.3 Å². The van der Waals surface area contributed by atoms with Gasteiger partial charge in [0.25, 0.3) is 0 Å². The van der Waals surface area contributed by atoms with Crippen molar-refractivity contribution in [2.45, 2.75) is 25.7 Å². The molecule has 0 aromatic carbocycles. The zero-order valence-corrected chi connectivity index (χ0v) is 10.5. The smallest absolute Gasteiger partial charge is 0.141 e. The highest BCUT2D eigenvalue weighted by molar-refractivity contribution is 5.87. The lowest BCUT2D eigenvalue weighted by atomic mass is 9.89. The molecule has 3 rings (SSSR count). The standard InChI is InChI=1S/C14H19N3O/c15-13-10(2-1-5-17-13)8-12(18)11-9-14(11)3-6-16-7-4-14/h1-2,5,11,16H,3-4,6-9H2,(H2,15,17). The third kappa shape index (κ3) is 2.01. The van der Waals surface area contributed by atoms with Gasteiger partial charge in [-0.15, -0.1) is 0 Å². The molecule has 1 spiro atoms. The molecule has 0 amide bonds. The number of aromatic nitrogens is 1. The van der Waals surface area contributed by atoms with Crippen LogP contribution in [-0.4, -0.2) is 23.9 Å². The molecule has 0 bridgehead atoms. The first-order chi connectivity index (χ1) is 8.71. The molecule has 1 saturated carbocycles. The van der Waals surface area contributed by atoms with Crippen molar-refractivity contribution in [3.8, 4) is 0 Å². The summed E-state index contributed by atoms with van der Waals surface area (Å²) < 4.78 is 0. The van der Waals surface area contributed by atoms with Crippen molar-refractivity contribution < 1.29 is 4.79 Å². The predicted octanol–water partition coefficient (Wildman–Crippen LogP) is 1.17. The SMILES string of the molecule is Nc1ncccc1CC(=O)C1CC12CCNCC2. The maximum atomic E-state index is 12.3. The molecule has 1 atom stereocenters. The Labute approximate surface area is 107 Å². The second-order valence-electron chi connectivity index (χ2n) is 5.56. The molecular formula is C14H19N3O. The summed E-state index contributed by atoms with van der Waals surface area (Å²) in [5.74, 6) is 1.10. The molecule has 96 valence electrons. The van der Waals surface area contributed by atoms with Crippen LogP contribution in [0.2, 0.25) is 0 Å². The first-order valence-corrected chi connectivity index (χ1v) is 6.64. The zero-order chi connectivity index (χ0) is 12.6. The van der Waals surface area contributed by atoms with Crippen molar-refractivity contribution in [3.63, 3.8) is 0 Å². The average molecular weight is 245 g/mol. The van der Waals surface area contributed by atoms with E-state index in [0.29, 0.717) is 23.4 Å². The average Bonchev–Trinajstić information content (AvgIpc) is 3.07. The van der Waals surface area contributed by atoms with Gasteiger partial charge in [-0.25, -0.2) is 4.98 Å². The lowest BCUT2D eigenvalue weighted by molar-refractivity contribution is -0.120. The lowest BCUT2D eigenvalue weighted by Crippen LogP contribution is -2.31. The van der Waals surface area contributed by atoms with Crippen molar-refractivity contribution in [2.24, 2.45) is 11.3 Å². The fourth-order valence-corrected chi connectivity index (χ4v) is 3.19. The zero-order valence-electron chi connectivity index (χ0n) is 10.5. The van der Waals surface area contributed by atoms with Crippen LogP contribution in [0.25, 0.3) is 0 Å². The third-order valence-electron chi connectivity index (χ3n) is 4.47. The van der Waals surface area contributed by atoms with Crippen molar-refractivity contribution >= 4 is 11.6 Å². The largest absolute Gasteiger partial charge is 0.383 e. The number of nitrogens with two attached hydrogens (primary N) is 1. The monoisotopic (exact) mass is 245 g/mol. The molecule has 1 aromatic heterocycles. The fraction of sp³-hybridized carbons (Fsp3) is 0.571. The number of pyridine rings is 1. The third-order valence-corrected chi connectivity index (χ3v) is 4.47. The number of nitrogen functional groups attached to an aromatic ring is 1. The summed E-state index contributed by atoms with van der Waals surface area (Å²) >= 11 is 0. The molecule has 3 N–H and O–H groups in total. The van der Waals surface area contributed by atoms with Gasteiger partial charge in [-0.3, -0.25) is 4.79 Å². The second-order valence-corrected chi connectivity index (χ2v) is 5.56. The van der Waals surface area contributed by atoms with E-state index in [0.717, 1.165) is 37.9 Å². The van der Waals surface area contributed by atoms with E-state index in [2.05, 4.69) is 10.3 Å². The number of carbonyl (C=O) groups excluding carboxylic acids is 1. The van der Waals surface area contributed by atoms with Crippen molar-refractivity contribution in [3.05, 3.63) is 23.9 Å². The van der Waals surface area contributed by atoms with Crippen LogP contribution in [0, 0.1) is 11.3 Å². The van der Waals surface area contributed by atoms with Gasteiger partial charge in [0, 0.05) is 24.1 Å². The highest BCUT2D eigenvalue weighted by Gasteiger charge is 2.56.